The molecule has 1 amide bonds. The first-order chi connectivity index (χ1) is 16.4. The molecule has 1 atom stereocenters. The zero-order chi connectivity index (χ0) is 24.1. The van der Waals surface area contributed by atoms with Crippen molar-refractivity contribution in [3.05, 3.63) is 88.8 Å². The van der Waals surface area contributed by atoms with Crippen LogP contribution in [0, 0.1) is 13.8 Å². The van der Waals surface area contributed by atoms with Gasteiger partial charge >= 0.3 is 0 Å². The van der Waals surface area contributed by atoms with Crippen LogP contribution in [0.1, 0.15) is 58.9 Å². The second-order valence-electron chi connectivity index (χ2n) is 9.16. The number of aromatic nitrogens is 2. The molecule has 2 aromatic heterocycles. The summed E-state index contributed by atoms with van der Waals surface area (Å²) in [4.78, 5) is 22.6. The Morgan fingerprint density at radius 3 is 2.76 bits per heavy atom. The Labute approximate surface area is 201 Å². The van der Waals surface area contributed by atoms with E-state index in [0.717, 1.165) is 31.4 Å². The van der Waals surface area contributed by atoms with Gasteiger partial charge in [-0.05, 0) is 56.4 Å². The minimum Gasteiger partial charge on any atom is -0.447 e. The fourth-order valence-electron chi connectivity index (χ4n) is 4.17. The van der Waals surface area contributed by atoms with Crippen molar-refractivity contribution in [1.29, 1.82) is 0 Å². The molecule has 0 saturated heterocycles. The van der Waals surface area contributed by atoms with Crippen LogP contribution in [0.2, 0.25) is 0 Å². The number of aromatic amines is 1. The third kappa shape index (κ3) is 5.75. The molecule has 0 bridgehead atoms. The lowest BCUT2D eigenvalue weighted by Gasteiger charge is -2.22. The highest BCUT2D eigenvalue weighted by molar-refractivity contribution is 5.92. The second kappa shape index (κ2) is 10.7. The van der Waals surface area contributed by atoms with Gasteiger partial charge in [0.2, 0.25) is 5.89 Å². The van der Waals surface area contributed by atoms with Gasteiger partial charge in [0, 0.05) is 36.2 Å². The summed E-state index contributed by atoms with van der Waals surface area (Å²) < 4.78 is 5.71. The molecule has 2 aromatic carbocycles. The van der Waals surface area contributed by atoms with E-state index in [1.165, 1.54) is 33.9 Å². The molecular formula is C28H34N4O2. The molecule has 6 heteroatoms. The van der Waals surface area contributed by atoms with E-state index >= 15 is 0 Å². The first-order valence-electron chi connectivity index (χ1n) is 12.0. The van der Waals surface area contributed by atoms with E-state index in [-0.39, 0.29) is 11.9 Å². The fourth-order valence-corrected chi connectivity index (χ4v) is 4.17. The van der Waals surface area contributed by atoms with Crippen LogP contribution in [0.3, 0.4) is 0 Å². The highest BCUT2D eigenvalue weighted by atomic mass is 16.3. The number of aryl methyl sites for hydroxylation is 2. The molecule has 0 aliphatic rings. The molecule has 0 unspecified atom stereocenters. The maximum Gasteiger partial charge on any atom is 0.273 e. The number of nitrogens with one attached hydrogen (secondary N) is 2. The standard InChI is InChI=1S/C28H34N4O2/c1-5-21(4)30-28(33)26-18-34-27(31-26)17-32(16-23-11-10-19(2)14-20(23)3)13-12-22-15-29-25-9-7-6-8-24(22)25/h6-11,14-15,18,21,29H,5,12-13,16-17H2,1-4H3,(H,30,33)/t21-/m0/s1. The normalized spacial score (nSPS) is 12.4. The van der Waals surface area contributed by atoms with Crippen molar-refractivity contribution < 1.29 is 9.21 Å². The van der Waals surface area contributed by atoms with Gasteiger partial charge in [-0.1, -0.05) is 48.9 Å². The van der Waals surface area contributed by atoms with Gasteiger partial charge in [0.15, 0.2) is 5.69 Å². The van der Waals surface area contributed by atoms with Crippen LogP contribution in [-0.4, -0.2) is 33.4 Å². The van der Waals surface area contributed by atoms with E-state index in [1.54, 1.807) is 0 Å². The number of carbonyl (C=O) groups excluding carboxylic acids is 1. The summed E-state index contributed by atoms with van der Waals surface area (Å²) in [5.74, 6) is 0.363. The third-order valence-electron chi connectivity index (χ3n) is 6.40. The van der Waals surface area contributed by atoms with Crippen molar-refractivity contribution in [3.63, 3.8) is 0 Å². The lowest BCUT2D eigenvalue weighted by molar-refractivity contribution is 0.0934. The number of para-hydroxylation sites is 1. The highest BCUT2D eigenvalue weighted by Crippen LogP contribution is 2.20. The number of benzene rings is 2. The van der Waals surface area contributed by atoms with Crippen molar-refractivity contribution in [1.82, 2.24) is 20.2 Å². The molecule has 34 heavy (non-hydrogen) atoms. The molecule has 0 fully saturated rings. The molecular weight excluding hydrogens is 424 g/mol. The largest absolute Gasteiger partial charge is 0.447 e. The summed E-state index contributed by atoms with van der Waals surface area (Å²) in [6.07, 6.45) is 5.33. The van der Waals surface area contributed by atoms with Gasteiger partial charge < -0.3 is 14.7 Å². The van der Waals surface area contributed by atoms with Crippen molar-refractivity contribution in [3.8, 4) is 0 Å². The van der Waals surface area contributed by atoms with Crippen molar-refractivity contribution >= 4 is 16.8 Å². The van der Waals surface area contributed by atoms with E-state index < -0.39 is 0 Å². The highest BCUT2D eigenvalue weighted by Gasteiger charge is 2.17. The summed E-state index contributed by atoms with van der Waals surface area (Å²) in [6, 6.07) is 15.1. The Bertz CT molecular complexity index is 1260. The minimum absolute atomic E-state index is 0.102. The van der Waals surface area contributed by atoms with Crippen molar-refractivity contribution in [2.24, 2.45) is 0 Å². The monoisotopic (exact) mass is 458 g/mol. The number of fused-ring (bicyclic) bond motifs is 1. The lowest BCUT2D eigenvalue weighted by Crippen LogP contribution is -2.32. The molecule has 0 aliphatic heterocycles. The molecule has 4 aromatic rings. The van der Waals surface area contributed by atoms with Gasteiger partial charge in [-0.2, -0.15) is 0 Å². The number of H-pyrrole nitrogens is 1. The topological polar surface area (TPSA) is 74.2 Å². The predicted octanol–water partition coefficient (Wildman–Crippen LogP) is 5.55. The number of rotatable bonds is 10. The zero-order valence-corrected chi connectivity index (χ0v) is 20.5. The molecule has 0 radical (unpaired) electrons. The van der Waals surface area contributed by atoms with E-state index in [2.05, 4.69) is 76.6 Å². The molecule has 0 spiro atoms. The van der Waals surface area contributed by atoms with Crippen LogP contribution in [0.15, 0.2) is 59.3 Å². The van der Waals surface area contributed by atoms with Crippen LogP contribution in [-0.2, 0) is 19.5 Å². The molecule has 178 valence electrons. The number of nitrogens with zero attached hydrogens (tertiary/aromatic N) is 2. The van der Waals surface area contributed by atoms with Crippen LogP contribution in [0.4, 0.5) is 0 Å². The Balaban J connectivity index is 1.51. The summed E-state index contributed by atoms with van der Waals surface area (Å²) in [7, 11) is 0. The summed E-state index contributed by atoms with van der Waals surface area (Å²) in [6.45, 7) is 10.4. The van der Waals surface area contributed by atoms with E-state index in [4.69, 9.17) is 4.42 Å². The quantitative estimate of drug-likeness (QED) is 0.327. The third-order valence-corrected chi connectivity index (χ3v) is 6.40. The molecule has 6 nitrogen and oxygen atoms in total. The second-order valence-corrected chi connectivity index (χ2v) is 9.16. The SMILES string of the molecule is CC[C@H](C)NC(=O)c1coc(CN(CCc2c[nH]c3ccccc23)Cc2ccc(C)cc2C)n1. The van der Waals surface area contributed by atoms with Gasteiger partial charge in [0.05, 0.1) is 6.54 Å². The average molecular weight is 459 g/mol. The Morgan fingerprint density at radius 1 is 1.15 bits per heavy atom. The number of hydrogen-bond acceptors (Lipinski definition) is 4. The number of oxazole rings is 1. The molecule has 2 heterocycles. The first kappa shape index (κ1) is 23.8. The van der Waals surface area contributed by atoms with Crippen LogP contribution in [0.5, 0.6) is 0 Å². The minimum atomic E-state index is -0.191. The van der Waals surface area contributed by atoms with E-state index in [0.29, 0.717) is 18.1 Å². The fraction of sp³-hybridized carbons (Fsp3) is 0.357. The summed E-state index contributed by atoms with van der Waals surface area (Å²) >= 11 is 0. The van der Waals surface area contributed by atoms with E-state index in [9.17, 15) is 4.79 Å². The average Bonchev–Trinajstić information content (AvgIpc) is 3.46. The number of carbonyl (C=O) groups is 1. The molecule has 0 saturated carbocycles. The van der Waals surface area contributed by atoms with Gasteiger partial charge in [-0.15, -0.1) is 0 Å². The van der Waals surface area contributed by atoms with Gasteiger partial charge in [0.1, 0.15) is 6.26 Å². The van der Waals surface area contributed by atoms with Gasteiger partial charge in [-0.25, -0.2) is 4.98 Å². The number of hydrogen-bond donors (Lipinski definition) is 2. The Kier molecular flexibility index (Phi) is 7.48. The zero-order valence-electron chi connectivity index (χ0n) is 20.5. The predicted molar refractivity (Wildman–Crippen MR) is 136 cm³/mol. The van der Waals surface area contributed by atoms with Crippen molar-refractivity contribution in [2.75, 3.05) is 6.54 Å². The smallest absolute Gasteiger partial charge is 0.273 e. The Morgan fingerprint density at radius 2 is 1.97 bits per heavy atom. The van der Waals surface area contributed by atoms with Gasteiger partial charge in [-0.3, -0.25) is 9.69 Å². The van der Waals surface area contributed by atoms with Crippen LogP contribution < -0.4 is 5.32 Å². The summed E-state index contributed by atoms with van der Waals surface area (Å²) in [5, 5.41) is 4.21. The van der Waals surface area contributed by atoms with Crippen LogP contribution in [0.25, 0.3) is 10.9 Å². The molecule has 2 N–H and O–H groups in total. The maximum atomic E-state index is 12.4. The summed E-state index contributed by atoms with van der Waals surface area (Å²) in [5.41, 5.74) is 6.60. The van der Waals surface area contributed by atoms with Crippen LogP contribution >= 0.6 is 0 Å². The van der Waals surface area contributed by atoms with E-state index in [1.807, 2.05) is 19.9 Å². The molecule has 0 aliphatic carbocycles. The lowest BCUT2D eigenvalue weighted by atomic mass is 10.0. The van der Waals surface area contributed by atoms with Crippen molar-refractivity contribution in [2.45, 2.75) is 59.7 Å². The first-order valence-corrected chi connectivity index (χ1v) is 12.0. The Hall–Kier alpha value is -3.38. The maximum absolute atomic E-state index is 12.4. The molecule has 4 rings (SSSR count). The van der Waals surface area contributed by atoms with Gasteiger partial charge in [0.25, 0.3) is 5.91 Å². The number of amides is 1.